The Balaban J connectivity index is 1.51. The number of aliphatic hydroxyl groups excluding tert-OH is 5. The van der Waals surface area contributed by atoms with E-state index in [0.717, 1.165) is 0 Å². The van der Waals surface area contributed by atoms with E-state index >= 15 is 4.79 Å². The molecule has 2 fully saturated rings. The van der Waals surface area contributed by atoms with Crippen molar-refractivity contribution in [2.75, 3.05) is 47.6 Å². The van der Waals surface area contributed by atoms with Gasteiger partial charge >= 0.3 is 0 Å². The van der Waals surface area contributed by atoms with Crippen molar-refractivity contribution in [1.29, 1.82) is 0 Å². The molecular weight excluding hydrogens is 756 g/mol. The number of methoxy groups -OCH3 is 3. The molecule has 3 aliphatic rings. The molecule has 10 atom stereocenters. The summed E-state index contributed by atoms with van der Waals surface area (Å²) < 4.78 is 36.6. The second-order valence-corrected chi connectivity index (χ2v) is 14.6. The number of aliphatic hydroxyl groups is 6. The monoisotopic (exact) mass is 808 g/mol. The molecule has 2 aliphatic heterocycles. The van der Waals surface area contributed by atoms with Crippen molar-refractivity contribution in [2.24, 2.45) is 5.92 Å². The first-order chi connectivity index (χ1) is 27.9. The van der Waals surface area contributed by atoms with Crippen LogP contribution in [0.4, 0.5) is 0 Å². The fraction of sp³-hybridized carbons (Fsp3) is 0.476. The van der Waals surface area contributed by atoms with Crippen LogP contribution in [-0.2, 0) is 30.3 Å². The molecule has 2 amide bonds. The molecule has 1 saturated heterocycles. The largest absolute Gasteiger partial charge is 0.497 e. The van der Waals surface area contributed by atoms with Gasteiger partial charge in [-0.15, -0.1) is 0 Å². The molecule has 2 heterocycles. The van der Waals surface area contributed by atoms with Gasteiger partial charge in [0.1, 0.15) is 59.1 Å². The van der Waals surface area contributed by atoms with E-state index in [1.54, 1.807) is 67.6 Å². The zero-order valence-electron chi connectivity index (χ0n) is 32.7. The Labute approximate surface area is 335 Å². The summed E-state index contributed by atoms with van der Waals surface area (Å²) in [7, 11) is 4.35. The van der Waals surface area contributed by atoms with Crippen LogP contribution in [0.25, 0.3) is 0 Å². The molecule has 6 rings (SSSR count). The number of hydrogen-bond acceptors (Lipinski definition) is 14. The summed E-state index contributed by atoms with van der Waals surface area (Å²) in [4.78, 5) is 27.3. The van der Waals surface area contributed by atoms with Crippen LogP contribution in [0.1, 0.15) is 42.4 Å². The van der Waals surface area contributed by atoms with E-state index < -0.39 is 72.4 Å². The molecule has 314 valence electrons. The normalized spacial score (nSPS) is 30.1. The SMILES string of the molecule is COc1ccc(C23Oc4cc(OC)cc(OC)c4C(O)(C(C(=O)NCCCCNC(=O)C(C)=CCO)C2c2ccccc2)C3OC2OC(CO)C(O)C(O)C2O)cc1. The summed E-state index contributed by atoms with van der Waals surface area (Å²) in [6.07, 6.45) is -7.80. The molecule has 0 aromatic heterocycles. The summed E-state index contributed by atoms with van der Waals surface area (Å²) in [5.41, 5.74) is -2.76. The van der Waals surface area contributed by atoms with Gasteiger partial charge in [-0.2, -0.15) is 0 Å². The maximum Gasteiger partial charge on any atom is 0.246 e. The lowest BCUT2D eigenvalue weighted by molar-refractivity contribution is -0.338. The molecule has 0 radical (unpaired) electrons. The molecule has 1 saturated carbocycles. The number of amides is 2. The average molecular weight is 809 g/mol. The summed E-state index contributed by atoms with van der Waals surface area (Å²) in [6.45, 7) is 1.05. The summed E-state index contributed by atoms with van der Waals surface area (Å²) in [5, 5.41) is 71.5. The van der Waals surface area contributed by atoms with E-state index in [4.69, 9.17) is 33.5 Å². The Morgan fingerprint density at radius 2 is 1.52 bits per heavy atom. The third-order valence-electron chi connectivity index (χ3n) is 11.3. The number of benzene rings is 3. The van der Waals surface area contributed by atoms with Crippen molar-refractivity contribution >= 4 is 11.8 Å². The number of fused-ring (bicyclic) bond motifs is 4. The first-order valence-corrected chi connectivity index (χ1v) is 19.1. The average Bonchev–Trinajstić information content (AvgIpc) is 3.39. The van der Waals surface area contributed by atoms with E-state index in [-0.39, 0.29) is 36.1 Å². The Bertz CT molecular complexity index is 1930. The Morgan fingerprint density at radius 1 is 0.845 bits per heavy atom. The van der Waals surface area contributed by atoms with Crippen LogP contribution < -0.4 is 29.6 Å². The lowest BCUT2D eigenvalue weighted by atomic mass is 9.75. The Morgan fingerprint density at radius 3 is 2.14 bits per heavy atom. The van der Waals surface area contributed by atoms with Crippen LogP contribution in [0.3, 0.4) is 0 Å². The van der Waals surface area contributed by atoms with Crippen LogP contribution in [0.5, 0.6) is 23.0 Å². The van der Waals surface area contributed by atoms with Gasteiger partial charge in [0.25, 0.3) is 0 Å². The van der Waals surface area contributed by atoms with Crippen LogP contribution in [0.15, 0.2) is 78.4 Å². The zero-order valence-corrected chi connectivity index (χ0v) is 32.7. The first-order valence-electron chi connectivity index (χ1n) is 19.1. The molecule has 2 bridgehead atoms. The molecule has 8 N–H and O–H groups in total. The van der Waals surface area contributed by atoms with Crippen molar-refractivity contribution in [3.8, 4) is 23.0 Å². The molecule has 3 aromatic rings. The fourth-order valence-corrected chi connectivity index (χ4v) is 8.41. The van der Waals surface area contributed by atoms with E-state index in [1.165, 1.54) is 33.5 Å². The van der Waals surface area contributed by atoms with Crippen LogP contribution in [-0.4, -0.2) is 127 Å². The highest BCUT2D eigenvalue weighted by Crippen LogP contribution is 2.69. The third kappa shape index (κ3) is 7.62. The fourth-order valence-electron chi connectivity index (χ4n) is 8.41. The van der Waals surface area contributed by atoms with E-state index in [0.29, 0.717) is 47.6 Å². The van der Waals surface area contributed by atoms with Gasteiger partial charge in [0.05, 0.1) is 46.0 Å². The van der Waals surface area contributed by atoms with E-state index in [9.17, 15) is 30.3 Å². The molecule has 1 aliphatic carbocycles. The molecule has 16 heteroatoms. The quantitative estimate of drug-likeness (QED) is 0.0737. The van der Waals surface area contributed by atoms with Crippen molar-refractivity contribution in [3.63, 3.8) is 0 Å². The number of carbonyl (C=O) groups is 2. The van der Waals surface area contributed by atoms with Gasteiger partial charge in [0.15, 0.2) is 11.9 Å². The molecule has 16 nitrogen and oxygen atoms in total. The second kappa shape index (κ2) is 18.0. The highest BCUT2D eigenvalue weighted by atomic mass is 16.7. The van der Waals surface area contributed by atoms with Crippen molar-refractivity contribution in [3.05, 3.63) is 95.1 Å². The Kier molecular flexibility index (Phi) is 13.3. The van der Waals surface area contributed by atoms with Gasteiger partial charge in [-0.05, 0) is 43.0 Å². The third-order valence-corrected chi connectivity index (χ3v) is 11.3. The topological polar surface area (TPSA) is 235 Å². The predicted octanol–water partition coefficient (Wildman–Crippen LogP) is 0.738. The lowest BCUT2D eigenvalue weighted by Gasteiger charge is -2.50. The van der Waals surface area contributed by atoms with Gasteiger partial charge in [0, 0.05) is 36.7 Å². The maximum absolute atomic E-state index is 15.0. The molecule has 10 unspecified atom stereocenters. The predicted molar refractivity (Wildman–Crippen MR) is 206 cm³/mol. The first kappa shape index (κ1) is 42.8. The highest BCUT2D eigenvalue weighted by Gasteiger charge is 2.77. The molecule has 3 aromatic carbocycles. The van der Waals surface area contributed by atoms with Crippen LogP contribution in [0.2, 0.25) is 0 Å². The number of ether oxygens (including phenoxy) is 6. The highest BCUT2D eigenvalue weighted by molar-refractivity contribution is 5.92. The van der Waals surface area contributed by atoms with Gasteiger partial charge in [-0.3, -0.25) is 9.59 Å². The number of carbonyl (C=O) groups excluding carboxylic acids is 2. The minimum Gasteiger partial charge on any atom is -0.497 e. The molecule has 0 spiro atoms. The number of unbranched alkanes of at least 4 members (excludes halogenated alkanes) is 1. The van der Waals surface area contributed by atoms with Gasteiger partial charge in [0.2, 0.25) is 11.8 Å². The van der Waals surface area contributed by atoms with Gasteiger partial charge in [-0.1, -0.05) is 48.5 Å². The molecular formula is C42H52N2O14. The van der Waals surface area contributed by atoms with Crippen molar-refractivity contribution in [1.82, 2.24) is 10.6 Å². The maximum atomic E-state index is 15.0. The summed E-state index contributed by atoms with van der Waals surface area (Å²) >= 11 is 0. The lowest BCUT2D eigenvalue weighted by Crippen LogP contribution is -2.63. The zero-order chi connectivity index (χ0) is 41.8. The summed E-state index contributed by atoms with van der Waals surface area (Å²) in [6, 6.07) is 18.9. The van der Waals surface area contributed by atoms with Crippen LogP contribution in [0, 0.1) is 5.92 Å². The van der Waals surface area contributed by atoms with E-state index in [1.807, 2.05) is 0 Å². The number of hydrogen-bond donors (Lipinski definition) is 8. The standard InChI is InChI=1S/C42H52N2O14/c1-23(16-19-45)37(50)43-17-8-9-18-44-38(51)33-31(24-10-6-5-7-11-24)42(25-12-14-26(53-2)15-13-25)40(57-39-36(49)35(48)34(47)30(22-46)56-39)41(33,52)32-28(55-4)20-27(54-3)21-29(32)58-42/h5-7,10-16,20-21,30-31,33-36,39-40,45-49,52H,8-9,17-19,22H2,1-4H3,(H,43,50)(H,44,51). The van der Waals surface area contributed by atoms with Crippen molar-refractivity contribution < 1.29 is 68.6 Å². The summed E-state index contributed by atoms with van der Waals surface area (Å²) in [5.74, 6) is -2.34. The minimum atomic E-state index is -2.36. The second-order valence-electron chi connectivity index (χ2n) is 14.6. The number of rotatable bonds is 16. The van der Waals surface area contributed by atoms with Crippen molar-refractivity contribution in [2.45, 2.75) is 73.7 Å². The smallest absolute Gasteiger partial charge is 0.246 e. The number of nitrogens with one attached hydrogen (secondary N) is 2. The van der Waals surface area contributed by atoms with Gasteiger partial charge < -0.3 is 69.7 Å². The Hall–Kier alpha value is -4.78. The van der Waals surface area contributed by atoms with Crippen LogP contribution >= 0.6 is 0 Å². The van der Waals surface area contributed by atoms with Gasteiger partial charge in [-0.25, -0.2) is 0 Å². The molecule has 58 heavy (non-hydrogen) atoms. The minimum absolute atomic E-state index is 0.0436. The van der Waals surface area contributed by atoms with E-state index in [2.05, 4.69) is 10.6 Å².